The molecule has 41 heavy (non-hydrogen) atoms. The van der Waals surface area contributed by atoms with Crippen LogP contribution in [-0.4, -0.2) is 22.6 Å². The highest BCUT2D eigenvalue weighted by Crippen LogP contribution is 2.68. The van der Waals surface area contributed by atoms with Crippen molar-refractivity contribution in [3.05, 3.63) is 102 Å². The van der Waals surface area contributed by atoms with E-state index in [1.54, 1.807) is 24.4 Å². The minimum Gasteiger partial charge on any atom is -0.455 e. The number of pyridine rings is 2. The van der Waals surface area contributed by atoms with Crippen LogP contribution in [-0.2, 0) is 32.3 Å². The van der Waals surface area contributed by atoms with Crippen LogP contribution in [0.3, 0.4) is 0 Å². The molecule has 8 rings (SSSR count). The number of Topliss-reactive ketones (excluding diaryl/α,β-unsaturated/α-hetero) is 1. The average molecular weight is 541 g/mol. The minimum atomic E-state index is -1.19. The van der Waals surface area contributed by atoms with Gasteiger partial charge in [0.05, 0.1) is 33.7 Å². The van der Waals surface area contributed by atoms with Gasteiger partial charge in [0, 0.05) is 17.6 Å². The number of rotatable bonds is 3. The van der Waals surface area contributed by atoms with Crippen LogP contribution in [0.1, 0.15) is 25.0 Å². The third-order valence-electron chi connectivity index (χ3n) is 9.61. The summed E-state index contributed by atoms with van der Waals surface area (Å²) in [4.78, 5) is 49.4. The van der Waals surface area contributed by atoms with Gasteiger partial charge in [-0.1, -0.05) is 36.4 Å². The first kappa shape index (κ1) is 23.9. The smallest absolute Gasteiger partial charge is 0.239 e. The summed E-state index contributed by atoms with van der Waals surface area (Å²) in [7, 11) is 1.96. The topological polar surface area (TPSA) is 80.5 Å². The molecule has 7 nitrogen and oxygen atoms in total. The molecular formula is C34H26N3O4+. The van der Waals surface area contributed by atoms with Gasteiger partial charge < -0.3 is 4.74 Å². The van der Waals surface area contributed by atoms with Gasteiger partial charge >= 0.3 is 0 Å². The Bertz CT molecular complexity index is 2000. The Morgan fingerprint density at radius 2 is 1.41 bits per heavy atom. The van der Waals surface area contributed by atoms with Crippen LogP contribution in [0.4, 0.5) is 5.69 Å². The van der Waals surface area contributed by atoms with E-state index in [-0.39, 0.29) is 17.6 Å². The number of ether oxygens (including phenoxy) is 1. The fraction of sp³-hybridized carbons (Fsp3) is 0.206. The first-order valence-corrected chi connectivity index (χ1v) is 13.7. The molecule has 4 atom stereocenters. The first-order valence-electron chi connectivity index (χ1n) is 13.7. The fourth-order valence-electron chi connectivity index (χ4n) is 8.03. The van der Waals surface area contributed by atoms with Crippen molar-refractivity contribution in [2.45, 2.75) is 24.7 Å². The molecule has 3 heterocycles. The molecule has 2 amide bonds. The molecule has 5 aromatic rings. The van der Waals surface area contributed by atoms with E-state index in [0.29, 0.717) is 17.2 Å². The monoisotopic (exact) mass is 540 g/mol. The lowest BCUT2D eigenvalue weighted by molar-refractivity contribution is -0.644. The van der Waals surface area contributed by atoms with Crippen LogP contribution in [0.5, 0.6) is 11.5 Å². The zero-order chi connectivity index (χ0) is 28.3. The van der Waals surface area contributed by atoms with Crippen molar-refractivity contribution in [2.24, 2.45) is 18.9 Å². The lowest BCUT2D eigenvalue weighted by Gasteiger charge is -2.34. The minimum absolute atomic E-state index is 0.0747. The number of aryl methyl sites for hydroxylation is 1. The molecule has 2 fully saturated rings. The molecule has 1 saturated heterocycles. The highest BCUT2D eigenvalue weighted by atomic mass is 16.5. The number of imide groups is 1. The number of hydrogen-bond donors (Lipinski definition) is 0. The van der Waals surface area contributed by atoms with E-state index in [1.807, 2.05) is 92.3 Å². The predicted molar refractivity (Wildman–Crippen MR) is 153 cm³/mol. The zero-order valence-corrected chi connectivity index (χ0v) is 22.8. The zero-order valence-electron chi connectivity index (χ0n) is 22.8. The van der Waals surface area contributed by atoms with Gasteiger partial charge in [-0.3, -0.25) is 14.4 Å². The number of ketones is 1. The van der Waals surface area contributed by atoms with Gasteiger partial charge in [-0.2, -0.15) is 4.57 Å². The van der Waals surface area contributed by atoms with Crippen molar-refractivity contribution >= 4 is 45.1 Å². The van der Waals surface area contributed by atoms with Crippen LogP contribution >= 0.6 is 0 Å². The van der Waals surface area contributed by atoms with E-state index in [0.717, 1.165) is 32.9 Å². The first-order chi connectivity index (χ1) is 19.8. The van der Waals surface area contributed by atoms with Crippen molar-refractivity contribution in [1.29, 1.82) is 0 Å². The van der Waals surface area contributed by atoms with Crippen LogP contribution in [0, 0.1) is 11.8 Å². The summed E-state index contributed by atoms with van der Waals surface area (Å²) in [6.07, 6.45) is 3.71. The van der Waals surface area contributed by atoms with E-state index in [4.69, 9.17) is 9.72 Å². The molecule has 0 radical (unpaired) electrons. The molecule has 200 valence electrons. The number of hydrogen-bond acceptors (Lipinski definition) is 5. The van der Waals surface area contributed by atoms with Crippen molar-refractivity contribution < 1.29 is 23.7 Å². The molecule has 1 aliphatic heterocycles. The number of benzene rings is 3. The fourth-order valence-corrected chi connectivity index (χ4v) is 8.03. The van der Waals surface area contributed by atoms with Crippen LogP contribution in [0.25, 0.3) is 21.8 Å². The predicted octanol–water partition coefficient (Wildman–Crippen LogP) is 4.92. The van der Waals surface area contributed by atoms with E-state index >= 15 is 0 Å². The molecule has 2 bridgehead atoms. The molecule has 0 N–H and O–H groups in total. The van der Waals surface area contributed by atoms with Crippen LogP contribution in [0.2, 0.25) is 0 Å². The maximum Gasteiger partial charge on any atom is 0.239 e. The van der Waals surface area contributed by atoms with Crippen molar-refractivity contribution in [1.82, 2.24) is 4.98 Å². The molecule has 7 heteroatoms. The number of amides is 2. The van der Waals surface area contributed by atoms with Gasteiger partial charge in [0.15, 0.2) is 17.7 Å². The summed E-state index contributed by atoms with van der Waals surface area (Å²) in [6.45, 7) is 3.71. The number of fused-ring (bicyclic) bond motifs is 13. The SMILES string of the molecule is C[n+]1cccc2c3c(c4cccnc4c21)[C@]1(C)C(=O)[C@@]3(C)[C@H]2C(=O)N(c3ccccc3Oc3ccccc3)C(=O)[C@H]21. The largest absolute Gasteiger partial charge is 0.455 e. The normalized spacial score (nSPS) is 26.2. The summed E-state index contributed by atoms with van der Waals surface area (Å²) in [5, 5.41) is 1.74. The number of nitrogens with zero attached hydrogens (tertiary/aromatic N) is 3. The maximum atomic E-state index is 14.5. The Morgan fingerprint density at radius 1 is 0.780 bits per heavy atom. The number of anilines is 1. The average Bonchev–Trinajstić information content (AvgIpc) is 3.43. The Kier molecular flexibility index (Phi) is 4.58. The van der Waals surface area contributed by atoms with Gasteiger partial charge in [0.25, 0.3) is 0 Å². The summed E-state index contributed by atoms with van der Waals surface area (Å²) in [5.74, 6) is -1.47. The summed E-state index contributed by atoms with van der Waals surface area (Å²) in [6, 6.07) is 24.1. The summed E-state index contributed by atoms with van der Waals surface area (Å²) >= 11 is 0. The van der Waals surface area contributed by atoms with Gasteiger partial charge in [-0.05, 0) is 61.4 Å². The number of carbonyl (C=O) groups is 3. The molecule has 3 aromatic carbocycles. The van der Waals surface area contributed by atoms with E-state index in [9.17, 15) is 14.4 Å². The van der Waals surface area contributed by atoms with Gasteiger partial charge in [0.1, 0.15) is 18.3 Å². The highest BCUT2D eigenvalue weighted by Gasteiger charge is 2.79. The van der Waals surface area contributed by atoms with Gasteiger partial charge in [-0.15, -0.1) is 0 Å². The molecular weight excluding hydrogens is 514 g/mol. The second kappa shape index (κ2) is 7.85. The molecule has 1 saturated carbocycles. The second-order valence-corrected chi connectivity index (χ2v) is 11.6. The van der Waals surface area contributed by atoms with Crippen molar-refractivity contribution in [3.63, 3.8) is 0 Å². The van der Waals surface area contributed by atoms with E-state index in [2.05, 4.69) is 0 Å². The van der Waals surface area contributed by atoms with Crippen molar-refractivity contribution in [2.75, 3.05) is 4.90 Å². The van der Waals surface area contributed by atoms with Crippen LogP contribution in [0.15, 0.2) is 91.3 Å². The lowest BCUT2D eigenvalue weighted by atomic mass is 9.64. The Hall–Kier alpha value is -4.91. The van der Waals surface area contributed by atoms with Gasteiger partial charge in [-0.25, -0.2) is 9.88 Å². The Balaban J connectivity index is 1.37. The maximum absolute atomic E-state index is 14.5. The summed E-state index contributed by atoms with van der Waals surface area (Å²) < 4.78 is 8.16. The third-order valence-corrected chi connectivity index (χ3v) is 9.61. The standard InChI is InChI=1S/C34H26N3O4/c1-33-24-20-13-9-17-35-28(20)29-21(14-10-18-36(29)3)25(24)34(2,32(33)40)27-26(33)30(38)37(31(27)39)22-15-7-8-16-23(22)41-19-11-5-4-6-12-19/h4-18,26-27H,1-3H3/q+1/t26-,27+,33-,34+/m0/s1. The van der Waals surface area contributed by atoms with Gasteiger partial charge in [0.2, 0.25) is 17.3 Å². The molecule has 2 aromatic heterocycles. The number of para-hydroxylation sites is 3. The quantitative estimate of drug-likeness (QED) is 0.184. The van der Waals surface area contributed by atoms with E-state index in [1.165, 1.54) is 4.90 Å². The summed E-state index contributed by atoms with van der Waals surface area (Å²) in [5.41, 5.74) is 1.36. The molecule has 2 aliphatic carbocycles. The van der Waals surface area contributed by atoms with Crippen molar-refractivity contribution in [3.8, 4) is 11.5 Å². The van der Waals surface area contributed by atoms with Crippen LogP contribution < -0.4 is 14.2 Å². The Morgan fingerprint density at radius 3 is 2.15 bits per heavy atom. The number of carbonyl (C=O) groups excluding carboxylic acids is 3. The highest BCUT2D eigenvalue weighted by molar-refractivity contribution is 6.31. The van der Waals surface area contributed by atoms with E-state index < -0.39 is 22.7 Å². The second-order valence-electron chi connectivity index (χ2n) is 11.6. The third kappa shape index (κ3) is 2.71. The number of aromatic nitrogens is 2. The molecule has 0 spiro atoms. The Labute approximate surface area is 236 Å². The lowest BCUT2D eigenvalue weighted by Crippen LogP contribution is -2.42. The molecule has 0 unspecified atom stereocenters. The molecule has 3 aliphatic rings.